The number of hydrogen-bond donors (Lipinski definition) is 1. The van der Waals surface area contributed by atoms with Crippen LogP contribution in [0.5, 0.6) is 0 Å². The van der Waals surface area contributed by atoms with Crippen LogP contribution >= 0.6 is 0 Å². The summed E-state index contributed by atoms with van der Waals surface area (Å²) in [6, 6.07) is 3.37. The van der Waals surface area contributed by atoms with Crippen molar-refractivity contribution in [2.45, 2.75) is 44.7 Å². The van der Waals surface area contributed by atoms with Gasteiger partial charge in [0.15, 0.2) is 5.82 Å². The van der Waals surface area contributed by atoms with E-state index >= 15 is 0 Å². The number of hydrogen-bond acceptors (Lipinski definition) is 4. The smallest absolute Gasteiger partial charge is 0.154 e. The van der Waals surface area contributed by atoms with Gasteiger partial charge in [-0.25, -0.2) is 9.50 Å². The first-order chi connectivity index (χ1) is 9.69. The number of rotatable bonds is 3. The van der Waals surface area contributed by atoms with Crippen molar-refractivity contribution in [3.63, 3.8) is 0 Å². The van der Waals surface area contributed by atoms with Gasteiger partial charge in [0, 0.05) is 31.5 Å². The number of anilines is 1. The molecule has 0 spiro atoms. The third-order valence-corrected chi connectivity index (χ3v) is 4.48. The van der Waals surface area contributed by atoms with E-state index in [1.54, 1.807) is 0 Å². The summed E-state index contributed by atoms with van der Waals surface area (Å²) in [7, 11) is 4.22. The third kappa shape index (κ3) is 2.38. The van der Waals surface area contributed by atoms with Crippen LogP contribution in [-0.2, 0) is 0 Å². The average molecular weight is 273 g/mol. The standard InChI is InChI=1S/C15H23N5/c1-11-10-14-15(17-8-9-20(14)18-11)19(3)13-6-4-12(16-2)5-7-13/h8-10,12-13,16H,4-7H2,1-3H3. The summed E-state index contributed by atoms with van der Waals surface area (Å²) in [6.07, 6.45) is 8.68. The van der Waals surface area contributed by atoms with Crippen molar-refractivity contribution in [2.24, 2.45) is 0 Å². The van der Waals surface area contributed by atoms with Gasteiger partial charge in [-0.05, 0) is 45.7 Å². The fraction of sp³-hybridized carbons (Fsp3) is 0.600. The van der Waals surface area contributed by atoms with Gasteiger partial charge in [-0.15, -0.1) is 0 Å². The topological polar surface area (TPSA) is 45.5 Å². The molecule has 0 aliphatic heterocycles. The predicted octanol–water partition coefficient (Wildman–Crippen LogP) is 2.00. The molecule has 1 fully saturated rings. The molecular formula is C15H23N5. The van der Waals surface area contributed by atoms with Gasteiger partial charge in [0.25, 0.3) is 0 Å². The van der Waals surface area contributed by atoms with Crippen molar-refractivity contribution in [1.29, 1.82) is 0 Å². The van der Waals surface area contributed by atoms with Crippen molar-refractivity contribution in [3.05, 3.63) is 24.2 Å². The SMILES string of the molecule is CNC1CCC(N(C)c2nccn3nc(C)cc23)CC1. The first kappa shape index (κ1) is 13.4. The quantitative estimate of drug-likeness (QED) is 0.929. The second-order valence-corrected chi connectivity index (χ2v) is 5.77. The summed E-state index contributed by atoms with van der Waals surface area (Å²) >= 11 is 0. The Morgan fingerprint density at radius 1 is 1.30 bits per heavy atom. The summed E-state index contributed by atoms with van der Waals surface area (Å²) in [6.45, 7) is 2.02. The number of aryl methyl sites for hydroxylation is 1. The van der Waals surface area contributed by atoms with Gasteiger partial charge < -0.3 is 10.2 Å². The zero-order chi connectivity index (χ0) is 14.1. The minimum atomic E-state index is 0.577. The number of nitrogens with zero attached hydrogens (tertiary/aromatic N) is 4. The Hall–Kier alpha value is -1.62. The lowest BCUT2D eigenvalue weighted by Crippen LogP contribution is -2.40. The highest BCUT2D eigenvalue weighted by Gasteiger charge is 2.25. The summed E-state index contributed by atoms with van der Waals surface area (Å²) in [5.74, 6) is 1.04. The van der Waals surface area contributed by atoms with E-state index in [1.165, 1.54) is 25.7 Å². The molecule has 0 amide bonds. The highest BCUT2D eigenvalue weighted by Crippen LogP contribution is 2.27. The highest BCUT2D eigenvalue weighted by molar-refractivity contribution is 5.69. The van der Waals surface area contributed by atoms with E-state index in [0.717, 1.165) is 17.0 Å². The second-order valence-electron chi connectivity index (χ2n) is 5.77. The van der Waals surface area contributed by atoms with Crippen molar-refractivity contribution in [3.8, 4) is 0 Å². The van der Waals surface area contributed by atoms with Crippen molar-refractivity contribution in [2.75, 3.05) is 19.0 Å². The van der Waals surface area contributed by atoms with Crippen LogP contribution in [-0.4, -0.2) is 40.8 Å². The first-order valence-electron chi connectivity index (χ1n) is 7.40. The lowest BCUT2D eigenvalue weighted by atomic mass is 9.90. The molecule has 20 heavy (non-hydrogen) atoms. The van der Waals surface area contributed by atoms with E-state index in [-0.39, 0.29) is 0 Å². The Kier molecular flexibility index (Phi) is 3.61. The molecule has 2 heterocycles. The fourth-order valence-corrected chi connectivity index (χ4v) is 3.23. The normalized spacial score (nSPS) is 23.1. The molecule has 2 aromatic heterocycles. The second kappa shape index (κ2) is 5.40. The molecule has 2 aromatic rings. The van der Waals surface area contributed by atoms with Crippen LogP contribution in [0.25, 0.3) is 5.52 Å². The van der Waals surface area contributed by atoms with E-state index in [9.17, 15) is 0 Å². The van der Waals surface area contributed by atoms with Crippen molar-refractivity contribution < 1.29 is 0 Å². The molecule has 108 valence electrons. The maximum atomic E-state index is 4.58. The van der Waals surface area contributed by atoms with Gasteiger partial charge >= 0.3 is 0 Å². The molecular weight excluding hydrogens is 250 g/mol. The molecule has 5 heteroatoms. The molecule has 0 unspecified atom stereocenters. The molecule has 0 aromatic carbocycles. The van der Waals surface area contributed by atoms with Crippen LogP contribution in [0.3, 0.4) is 0 Å². The van der Waals surface area contributed by atoms with E-state index < -0.39 is 0 Å². The molecule has 1 saturated carbocycles. The van der Waals surface area contributed by atoms with E-state index in [0.29, 0.717) is 12.1 Å². The van der Waals surface area contributed by atoms with Crippen LogP contribution < -0.4 is 10.2 Å². The van der Waals surface area contributed by atoms with Crippen molar-refractivity contribution >= 4 is 11.3 Å². The lowest BCUT2D eigenvalue weighted by molar-refractivity contribution is 0.351. The van der Waals surface area contributed by atoms with Gasteiger partial charge in [0.05, 0.1) is 5.69 Å². The molecule has 3 rings (SSSR count). The van der Waals surface area contributed by atoms with Crippen molar-refractivity contribution in [1.82, 2.24) is 19.9 Å². The van der Waals surface area contributed by atoms with E-state index in [4.69, 9.17) is 0 Å². The Balaban J connectivity index is 1.84. The number of nitrogens with one attached hydrogen (secondary N) is 1. The summed E-state index contributed by atoms with van der Waals surface area (Å²) < 4.78 is 1.92. The molecule has 1 aliphatic rings. The molecule has 0 radical (unpaired) electrons. The molecule has 0 atom stereocenters. The van der Waals surface area contributed by atoms with Gasteiger partial charge in [-0.3, -0.25) is 0 Å². The largest absolute Gasteiger partial charge is 0.355 e. The summed E-state index contributed by atoms with van der Waals surface area (Å²) in [5, 5.41) is 7.85. The third-order valence-electron chi connectivity index (χ3n) is 4.48. The highest BCUT2D eigenvalue weighted by atomic mass is 15.3. The molecule has 5 nitrogen and oxygen atoms in total. The van der Waals surface area contributed by atoms with Crippen LogP contribution in [0.1, 0.15) is 31.4 Å². The summed E-state index contributed by atoms with van der Waals surface area (Å²) in [5.41, 5.74) is 2.13. The minimum Gasteiger partial charge on any atom is -0.355 e. The average Bonchev–Trinajstić information content (AvgIpc) is 2.86. The Morgan fingerprint density at radius 2 is 2.05 bits per heavy atom. The van der Waals surface area contributed by atoms with E-state index in [1.807, 2.05) is 23.8 Å². The number of aromatic nitrogens is 3. The minimum absolute atomic E-state index is 0.577. The van der Waals surface area contributed by atoms with Crippen LogP contribution in [0.15, 0.2) is 18.5 Å². The maximum Gasteiger partial charge on any atom is 0.154 e. The Morgan fingerprint density at radius 3 is 2.75 bits per heavy atom. The molecule has 0 saturated heterocycles. The summed E-state index contributed by atoms with van der Waals surface area (Å²) in [4.78, 5) is 6.92. The predicted molar refractivity (Wildman–Crippen MR) is 81.2 cm³/mol. The first-order valence-corrected chi connectivity index (χ1v) is 7.40. The maximum absolute atomic E-state index is 4.58. The molecule has 1 aliphatic carbocycles. The van der Waals surface area contributed by atoms with Gasteiger partial charge in [-0.2, -0.15) is 5.10 Å². The van der Waals surface area contributed by atoms with Gasteiger partial charge in [0.2, 0.25) is 0 Å². The number of fused-ring (bicyclic) bond motifs is 1. The Bertz CT molecular complexity index is 583. The fourth-order valence-electron chi connectivity index (χ4n) is 3.23. The zero-order valence-corrected chi connectivity index (χ0v) is 12.5. The van der Waals surface area contributed by atoms with E-state index in [2.05, 4.69) is 40.5 Å². The van der Waals surface area contributed by atoms with Crippen LogP contribution in [0.2, 0.25) is 0 Å². The van der Waals surface area contributed by atoms with Gasteiger partial charge in [-0.1, -0.05) is 0 Å². The monoisotopic (exact) mass is 273 g/mol. The molecule has 1 N–H and O–H groups in total. The van der Waals surface area contributed by atoms with Crippen LogP contribution in [0.4, 0.5) is 5.82 Å². The van der Waals surface area contributed by atoms with Gasteiger partial charge in [0.1, 0.15) is 5.52 Å². The van der Waals surface area contributed by atoms with Crippen LogP contribution in [0, 0.1) is 6.92 Å². The zero-order valence-electron chi connectivity index (χ0n) is 12.5. The lowest BCUT2D eigenvalue weighted by Gasteiger charge is -2.35. The molecule has 0 bridgehead atoms. The Labute approximate surface area is 120 Å².